The molecule has 0 spiro atoms. The third-order valence-electron chi connectivity index (χ3n) is 2.46. The molecule has 19 heavy (non-hydrogen) atoms. The third kappa shape index (κ3) is 5.71. The van der Waals surface area contributed by atoms with E-state index in [1.165, 1.54) is 11.1 Å². The number of hydrogen-bond donors (Lipinski definition) is 1. The fraction of sp³-hybridized carbons (Fsp3) is 0.333. The summed E-state index contributed by atoms with van der Waals surface area (Å²) in [5, 5.41) is 9.06. The second-order valence-corrected chi connectivity index (χ2v) is 3.73. The highest BCUT2D eigenvalue weighted by atomic mass is 16.3. The highest BCUT2D eigenvalue weighted by Gasteiger charge is 1.98. The Morgan fingerprint density at radius 1 is 0.789 bits per heavy atom. The van der Waals surface area contributed by atoms with E-state index in [-0.39, 0.29) is 6.61 Å². The molecule has 0 radical (unpaired) electrons. The van der Waals surface area contributed by atoms with E-state index in [0.29, 0.717) is 0 Å². The van der Waals surface area contributed by atoms with E-state index >= 15 is 0 Å². The van der Waals surface area contributed by atoms with Crippen LogP contribution < -0.4 is 0 Å². The molecule has 0 fully saturated rings. The van der Waals surface area contributed by atoms with E-state index in [2.05, 4.69) is 37.3 Å². The normalized spacial score (nSPS) is 8.74. The molecule has 2 rings (SSSR count). The van der Waals surface area contributed by atoms with Gasteiger partial charge in [0.05, 0.1) is 6.61 Å². The maximum atomic E-state index is 9.06. The van der Waals surface area contributed by atoms with Crippen LogP contribution >= 0.6 is 0 Å². The Hall–Kier alpha value is -1.60. The summed E-state index contributed by atoms with van der Waals surface area (Å²) in [6.07, 6.45) is 0. The van der Waals surface area contributed by atoms with Gasteiger partial charge in [0.15, 0.2) is 0 Å². The summed E-state index contributed by atoms with van der Waals surface area (Å²) in [4.78, 5) is 0. The minimum absolute atomic E-state index is 0.0969. The summed E-state index contributed by atoms with van der Waals surface area (Å²) in [6.45, 7) is 10.2. The van der Waals surface area contributed by atoms with Gasteiger partial charge in [0.2, 0.25) is 0 Å². The van der Waals surface area contributed by atoms with Crippen molar-refractivity contribution in [3.8, 4) is 11.1 Å². The van der Waals surface area contributed by atoms with Crippen LogP contribution in [0.4, 0.5) is 0 Å². The lowest BCUT2D eigenvalue weighted by molar-refractivity contribution is 0.282. The monoisotopic (exact) mass is 258 g/mol. The second kappa shape index (κ2) is 10.3. The number of benzene rings is 2. The van der Waals surface area contributed by atoms with Crippen LogP contribution in [-0.4, -0.2) is 5.11 Å². The molecule has 0 amide bonds. The van der Waals surface area contributed by atoms with Gasteiger partial charge in [0.1, 0.15) is 0 Å². The number of aryl methyl sites for hydroxylation is 1. The van der Waals surface area contributed by atoms with E-state index in [1.54, 1.807) is 0 Å². The van der Waals surface area contributed by atoms with E-state index in [0.717, 1.165) is 11.1 Å². The molecule has 0 aliphatic carbocycles. The van der Waals surface area contributed by atoms with Gasteiger partial charge in [-0.1, -0.05) is 75.7 Å². The SMILES string of the molecule is CC.CC.Cc1cccc(-c2cccc(CO)c2)c1. The highest BCUT2D eigenvalue weighted by Crippen LogP contribution is 2.21. The molecular weight excluding hydrogens is 232 g/mol. The van der Waals surface area contributed by atoms with Gasteiger partial charge in [-0.15, -0.1) is 0 Å². The van der Waals surface area contributed by atoms with Gasteiger partial charge in [-0.05, 0) is 29.7 Å². The summed E-state index contributed by atoms with van der Waals surface area (Å²) in [5.74, 6) is 0. The predicted molar refractivity (Wildman–Crippen MR) is 85.2 cm³/mol. The number of rotatable bonds is 2. The van der Waals surface area contributed by atoms with Crippen LogP contribution in [0.2, 0.25) is 0 Å². The lowest BCUT2D eigenvalue weighted by Gasteiger charge is -2.04. The summed E-state index contributed by atoms with van der Waals surface area (Å²) >= 11 is 0. The summed E-state index contributed by atoms with van der Waals surface area (Å²) < 4.78 is 0. The summed E-state index contributed by atoms with van der Waals surface area (Å²) in [7, 11) is 0. The first kappa shape index (κ1) is 17.4. The first-order valence-electron chi connectivity index (χ1n) is 7.06. The molecule has 0 aliphatic rings. The third-order valence-corrected chi connectivity index (χ3v) is 2.46. The van der Waals surface area contributed by atoms with Crippen molar-refractivity contribution in [1.82, 2.24) is 0 Å². The lowest BCUT2D eigenvalue weighted by atomic mass is 10.0. The maximum Gasteiger partial charge on any atom is 0.0682 e. The average Bonchev–Trinajstić information content (AvgIpc) is 2.51. The van der Waals surface area contributed by atoms with Gasteiger partial charge < -0.3 is 5.11 Å². The van der Waals surface area contributed by atoms with Crippen molar-refractivity contribution in [1.29, 1.82) is 0 Å². The zero-order valence-corrected chi connectivity index (χ0v) is 12.8. The molecule has 0 aromatic heterocycles. The molecule has 2 aromatic carbocycles. The quantitative estimate of drug-likeness (QED) is 0.784. The molecule has 1 heteroatoms. The van der Waals surface area contributed by atoms with E-state index in [4.69, 9.17) is 5.11 Å². The summed E-state index contributed by atoms with van der Waals surface area (Å²) in [5.41, 5.74) is 4.56. The molecule has 0 atom stereocenters. The second-order valence-electron chi connectivity index (χ2n) is 3.73. The van der Waals surface area contributed by atoms with Crippen molar-refractivity contribution in [2.45, 2.75) is 41.2 Å². The first-order chi connectivity index (χ1) is 9.29. The first-order valence-corrected chi connectivity index (χ1v) is 7.06. The molecule has 0 bridgehead atoms. The Morgan fingerprint density at radius 3 is 1.84 bits per heavy atom. The van der Waals surface area contributed by atoms with Crippen molar-refractivity contribution in [2.75, 3.05) is 0 Å². The lowest BCUT2D eigenvalue weighted by Crippen LogP contribution is -1.84. The maximum absolute atomic E-state index is 9.06. The molecule has 2 aromatic rings. The topological polar surface area (TPSA) is 20.2 Å². The van der Waals surface area contributed by atoms with E-state index in [9.17, 15) is 0 Å². The van der Waals surface area contributed by atoms with Crippen molar-refractivity contribution < 1.29 is 5.11 Å². The Morgan fingerprint density at radius 2 is 1.32 bits per heavy atom. The Labute approximate surface area is 117 Å². The van der Waals surface area contributed by atoms with Crippen molar-refractivity contribution in [3.63, 3.8) is 0 Å². The highest BCUT2D eigenvalue weighted by molar-refractivity contribution is 5.64. The zero-order valence-electron chi connectivity index (χ0n) is 12.8. The van der Waals surface area contributed by atoms with E-state index in [1.807, 2.05) is 45.9 Å². The number of aliphatic hydroxyl groups is 1. The number of hydrogen-bond acceptors (Lipinski definition) is 1. The largest absolute Gasteiger partial charge is 0.392 e. The molecular formula is C18H26O. The van der Waals surface area contributed by atoms with Crippen molar-refractivity contribution in [2.24, 2.45) is 0 Å². The fourth-order valence-corrected chi connectivity index (χ4v) is 1.67. The van der Waals surface area contributed by atoms with Crippen LogP contribution in [0, 0.1) is 6.92 Å². The average molecular weight is 258 g/mol. The van der Waals surface area contributed by atoms with Crippen LogP contribution in [-0.2, 0) is 6.61 Å². The molecule has 104 valence electrons. The van der Waals surface area contributed by atoms with Crippen LogP contribution in [0.3, 0.4) is 0 Å². The molecule has 0 saturated heterocycles. The van der Waals surface area contributed by atoms with Gasteiger partial charge in [-0.25, -0.2) is 0 Å². The molecule has 0 unspecified atom stereocenters. The molecule has 1 N–H and O–H groups in total. The van der Waals surface area contributed by atoms with Gasteiger partial charge in [0, 0.05) is 0 Å². The van der Waals surface area contributed by atoms with Crippen molar-refractivity contribution in [3.05, 3.63) is 59.7 Å². The summed E-state index contributed by atoms with van der Waals surface area (Å²) in [6, 6.07) is 16.4. The molecule has 1 nitrogen and oxygen atoms in total. The smallest absolute Gasteiger partial charge is 0.0682 e. The minimum atomic E-state index is 0.0969. The van der Waals surface area contributed by atoms with Gasteiger partial charge in [-0.2, -0.15) is 0 Å². The van der Waals surface area contributed by atoms with Crippen LogP contribution in [0.1, 0.15) is 38.8 Å². The van der Waals surface area contributed by atoms with Gasteiger partial charge in [-0.3, -0.25) is 0 Å². The van der Waals surface area contributed by atoms with Gasteiger partial charge >= 0.3 is 0 Å². The standard InChI is InChI=1S/C14H14O.2C2H6/c1-11-4-2-6-13(8-11)14-7-3-5-12(9-14)10-15;2*1-2/h2-9,15H,10H2,1H3;2*1-2H3. The minimum Gasteiger partial charge on any atom is -0.392 e. The fourth-order valence-electron chi connectivity index (χ4n) is 1.67. The van der Waals surface area contributed by atoms with E-state index < -0.39 is 0 Å². The predicted octanol–water partition coefficient (Wildman–Crippen LogP) is 5.21. The Bertz CT molecular complexity index is 461. The van der Waals surface area contributed by atoms with Crippen LogP contribution in [0.5, 0.6) is 0 Å². The zero-order chi connectivity index (χ0) is 14.7. The molecule has 0 aliphatic heterocycles. The van der Waals surface area contributed by atoms with Gasteiger partial charge in [0.25, 0.3) is 0 Å². The van der Waals surface area contributed by atoms with Crippen LogP contribution in [0.15, 0.2) is 48.5 Å². The Kier molecular flexibility index (Phi) is 9.46. The molecule has 0 saturated carbocycles. The van der Waals surface area contributed by atoms with Crippen LogP contribution in [0.25, 0.3) is 11.1 Å². The number of aliphatic hydroxyl groups excluding tert-OH is 1. The Balaban J connectivity index is 0.000000741. The van der Waals surface area contributed by atoms with Crippen molar-refractivity contribution >= 4 is 0 Å². The molecule has 0 heterocycles.